The first-order valence-electron chi connectivity index (χ1n) is 11.3. The van der Waals surface area contributed by atoms with Gasteiger partial charge < -0.3 is 19.9 Å². The molecule has 1 atom stereocenters. The number of hydrogen-bond acceptors (Lipinski definition) is 6. The molecule has 0 aliphatic rings. The highest BCUT2D eigenvalue weighted by atomic mass is 19.1. The van der Waals surface area contributed by atoms with Crippen LogP contribution in [0.2, 0.25) is 0 Å². The Hall–Kier alpha value is -2.77. The summed E-state index contributed by atoms with van der Waals surface area (Å²) in [5.41, 5.74) is 2.57. The summed E-state index contributed by atoms with van der Waals surface area (Å²) in [5, 5.41) is 13.6. The fourth-order valence-electron chi connectivity index (χ4n) is 3.19. The number of rotatable bonds is 12. The van der Waals surface area contributed by atoms with Crippen LogP contribution in [0.4, 0.5) is 10.2 Å². The van der Waals surface area contributed by atoms with Crippen molar-refractivity contribution < 1.29 is 19.0 Å². The lowest BCUT2D eigenvalue weighted by Gasteiger charge is -2.25. The first-order chi connectivity index (χ1) is 15.8. The molecular weight excluding hydrogens is 421 g/mol. The third-order valence-electron chi connectivity index (χ3n) is 5.03. The van der Waals surface area contributed by atoms with E-state index in [1.807, 2.05) is 42.6 Å². The lowest BCUT2D eigenvalue weighted by Crippen LogP contribution is -2.29. The average Bonchev–Trinajstić information content (AvgIpc) is 2.80. The van der Waals surface area contributed by atoms with Crippen molar-refractivity contribution in [2.24, 2.45) is 11.3 Å². The van der Waals surface area contributed by atoms with Crippen LogP contribution in [0.1, 0.15) is 27.7 Å². The third-order valence-corrected chi connectivity index (χ3v) is 5.03. The molecule has 3 aromatic rings. The number of aliphatic hydroxyl groups is 1. The highest BCUT2D eigenvalue weighted by Gasteiger charge is 2.18. The summed E-state index contributed by atoms with van der Waals surface area (Å²) >= 11 is 0. The molecule has 0 saturated carbocycles. The summed E-state index contributed by atoms with van der Waals surface area (Å²) < 4.78 is 23.6. The second-order valence-electron chi connectivity index (χ2n) is 9.53. The molecular formula is C26H34FN3O3. The van der Waals surface area contributed by atoms with Gasteiger partial charge >= 0.3 is 0 Å². The minimum Gasteiger partial charge on any atom is -0.491 e. The Morgan fingerprint density at radius 1 is 1.09 bits per heavy atom. The standard InChI is InChI=1S/C26H34FN3O3/c1-18(2)14-32-17-26(3,4)16-29-25-10-6-20(13-28-25)24-8-5-19-11-22(7-9-23(19)30-24)33-15-21(31)12-27/h5-11,13,18,21,31H,12,14-17H2,1-4H3,(H,28,29). The predicted octanol–water partition coefficient (Wildman–Crippen LogP) is 5.12. The molecule has 2 N–H and O–H groups in total. The molecule has 0 amide bonds. The molecule has 2 heterocycles. The van der Waals surface area contributed by atoms with Gasteiger partial charge in [-0.05, 0) is 42.3 Å². The zero-order chi connectivity index (χ0) is 23.8. The molecule has 3 rings (SSSR count). The van der Waals surface area contributed by atoms with Crippen molar-refractivity contribution in [1.29, 1.82) is 0 Å². The zero-order valence-electron chi connectivity index (χ0n) is 19.8. The van der Waals surface area contributed by atoms with Gasteiger partial charge in [-0.3, -0.25) is 0 Å². The van der Waals surface area contributed by atoms with Crippen LogP contribution < -0.4 is 10.1 Å². The molecule has 0 aliphatic carbocycles. The van der Waals surface area contributed by atoms with Gasteiger partial charge in [0.2, 0.25) is 0 Å². The number of aliphatic hydroxyl groups excluding tert-OH is 1. The fraction of sp³-hybridized carbons (Fsp3) is 0.462. The lowest BCUT2D eigenvalue weighted by atomic mass is 9.95. The van der Waals surface area contributed by atoms with Gasteiger partial charge in [-0.2, -0.15) is 0 Å². The molecule has 0 aliphatic heterocycles. The number of anilines is 1. The molecule has 0 spiro atoms. The van der Waals surface area contributed by atoms with Crippen LogP contribution in [0.5, 0.6) is 5.75 Å². The van der Waals surface area contributed by atoms with E-state index in [0.29, 0.717) is 18.3 Å². The smallest absolute Gasteiger partial charge is 0.125 e. The van der Waals surface area contributed by atoms with Gasteiger partial charge in [0.15, 0.2) is 0 Å². The number of halogens is 1. The van der Waals surface area contributed by atoms with Crippen LogP contribution in [0.3, 0.4) is 0 Å². The molecule has 0 fully saturated rings. The molecule has 0 bridgehead atoms. The van der Waals surface area contributed by atoms with Gasteiger partial charge in [0.1, 0.15) is 31.0 Å². The van der Waals surface area contributed by atoms with E-state index in [4.69, 9.17) is 14.5 Å². The SMILES string of the molecule is CC(C)COCC(C)(C)CNc1ccc(-c2ccc3cc(OCC(O)CF)ccc3n2)cn1. The summed E-state index contributed by atoms with van der Waals surface area (Å²) in [6, 6.07) is 13.3. The molecule has 33 heavy (non-hydrogen) atoms. The second-order valence-corrected chi connectivity index (χ2v) is 9.53. The van der Waals surface area contributed by atoms with E-state index in [1.54, 1.807) is 6.07 Å². The molecule has 0 saturated heterocycles. The van der Waals surface area contributed by atoms with Crippen LogP contribution in [0, 0.1) is 11.3 Å². The van der Waals surface area contributed by atoms with Crippen molar-refractivity contribution in [2.75, 3.05) is 38.4 Å². The maximum atomic E-state index is 12.4. The van der Waals surface area contributed by atoms with E-state index in [0.717, 1.165) is 41.1 Å². The Labute approximate surface area is 195 Å². The average molecular weight is 456 g/mol. The summed E-state index contributed by atoms with van der Waals surface area (Å²) in [6.07, 6.45) is 0.699. The Kier molecular flexibility index (Phi) is 8.58. The van der Waals surface area contributed by atoms with Crippen LogP contribution >= 0.6 is 0 Å². The maximum Gasteiger partial charge on any atom is 0.125 e. The normalized spacial score (nSPS) is 12.8. The first kappa shape index (κ1) is 24.9. The van der Waals surface area contributed by atoms with Crippen LogP contribution in [-0.4, -0.2) is 54.2 Å². The predicted molar refractivity (Wildman–Crippen MR) is 130 cm³/mol. The van der Waals surface area contributed by atoms with Gasteiger partial charge in [0, 0.05) is 35.7 Å². The van der Waals surface area contributed by atoms with E-state index in [9.17, 15) is 9.50 Å². The van der Waals surface area contributed by atoms with Crippen molar-refractivity contribution in [2.45, 2.75) is 33.8 Å². The van der Waals surface area contributed by atoms with E-state index in [1.165, 1.54) is 0 Å². The minimum absolute atomic E-state index is 0.00166. The molecule has 0 radical (unpaired) electrons. The summed E-state index contributed by atoms with van der Waals surface area (Å²) in [7, 11) is 0. The van der Waals surface area contributed by atoms with E-state index in [2.05, 4.69) is 38.0 Å². The van der Waals surface area contributed by atoms with Crippen molar-refractivity contribution in [3.63, 3.8) is 0 Å². The number of aromatic nitrogens is 2. The van der Waals surface area contributed by atoms with Gasteiger partial charge in [-0.15, -0.1) is 0 Å². The summed E-state index contributed by atoms with van der Waals surface area (Å²) in [6.45, 7) is 9.96. The zero-order valence-corrected chi connectivity index (χ0v) is 19.8. The van der Waals surface area contributed by atoms with Crippen molar-refractivity contribution >= 4 is 16.7 Å². The fourth-order valence-corrected chi connectivity index (χ4v) is 3.19. The maximum absolute atomic E-state index is 12.4. The van der Waals surface area contributed by atoms with Gasteiger partial charge in [-0.1, -0.05) is 33.8 Å². The quantitative estimate of drug-likeness (QED) is 0.395. The number of hydrogen-bond donors (Lipinski definition) is 2. The van der Waals surface area contributed by atoms with Crippen LogP contribution in [0.15, 0.2) is 48.7 Å². The number of fused-ring (bicyclic) bond motifs is 1. The van der Waals surface area contributed by atoms with E-state index in [-0.39, 0.29) is 12.0 Å². The van der Waals surface area contributed by atoms with Crippen molar-refractivity contribution in [1.82, 2.24) is 9.97 Å². The van der Waals surface area contributed by atoms with Crippen LogP contribution in [0.25, 0.3) is 22.2 Å². The number of alkyl halides is 1. The summed E-state index contributed by atoms with van der Waals surface area (Å²) in [4.78, 5) is 9.26. The van der Waals surface area contributed by atoms with E-state index >= 15 is 0 Å². The second kappa shape index (κ2) is 11.4. The molecule has 1 unspecified atom stereocenters. The Balaban J connectivity index is 1.61. The lowest BCUT2D eigenvalue weighted by molar-refractivity contribution is 0.0521. The van der Waals surface area contributed by atoms with E-state index < -0.39 is 12.8 Å². The highest BCUT2D eigenvalue weighted by molar-refractivity contribution is 5.82. The minimum atomic E-state index is -1.12. The topological polar surface area (TPSA) is 76.5 Å². The third kappa shape index (κ3) is 7.65. The number of ether oxygens (including phenoxy) is 2. The molecule has 1 aromatic carbocycles. The Bertz CT molecular complexity index is 1020. The molecule has 6 nitrogen and oxygen atoms in total. The van der Waals surface area contributed by atoms with Gasteiger partial charge in [0.05, 0.1) is 17.8 Å². The van der Waals surface area contributed by atoms with Crippen molar-refractivity contribution in [3.8, 4) is 17.0 Å². The van der Waals surface area contributed by atoms with Gasteiger partial charge in [-0.25, -0.2) is 14.4 Å². The number of benzene rings is 1. The first-order valence-corrected chi connectivity index (χ1v) is 11.3. The van der Waals surface area contributed by atoms with Crippen molar-refractivity contribution in [3.05, 3.63) is 48.7 Å². The highest BCUT2D eigenvalue weighted by Crippen LogP contribution is 2.25. The largest absolute Gasteiger partial charge is 0.491 e. The van der Waals surface area contributed by atoms with Crippen LogP contribution in [-0.2, 0) is 4.74 Å². The monoisotopic (exact) mass is 455 g/mol. The number of pyridine rings is 2. The molecule has 178 valence electrons. The molecule has 7 heteroatoms. The van der Waals surface area contributed by atoms with Gasteiger partial charge in [0.25, 0.3) is 0 Å². The summed E-state index contributed by atoms with van der Waals surface area (Å²) in [5.74, 6) is 1.91. The Morgan fingerprint density at radius 3 is 2.61 bits per heavy atom. The number of nitrogens with one attached hydrogen (secondary N) is 1. The molecule has 2 aromatic heterocycles. The number of nitrogens with zero attached hydrogens (tertiary/aromatic N) is 2. The Morgan fingerprint density at radius 2 is 1.91 bits per heavy atom.